The summed E-state index contributed by atoms with van der Waals surface area (Å²) in [5.41, 5.74) is 8.25. The van der Waals surface area contributed by atoms with Crippen LogP contribution >= 0.6 is 11.6 Å². The lowest BCUT2D eigenvalue weighted by atomic mass is 9.98. The van der Waals surface area contributed by atoms with Crippen LogP contribution in [0, 0.1) is 0 Å². The van der Waals surface area contributed by atoms with E-state index in [4.69, 9.17) is 16.6 Å². The molecule has 3 aromatic heterocycles. The van der Waals surface area contributed by atoms with Crippen molar-refractivity contribution in [1.82, 2.24) is 25.3 Å². The molecule has 3 N–H and O–H groups in total. The van der Waals surface area contributed by atoms with Crippen LogP contribution in [0.1, 0.15) is 27.5 Å². The lowest BCUT2D eigenvalue weighted by molar-refractivity contribution is 0.0945. The summed E-state index contributed by atoms with van der Waals surface area (Å²) < 4.78 is 0. The van der Waals surface area contributed by atoms with Gasteiger partial charge in [0.25, 0.3) is 5.91 Å². The number of carbonyl (C=O) groups excluding carboxylic acids is 1. The van der Waals surface area contributed by atoms with Gasteiger partial charge in [0.2, 0.25) is 0 Å². The Hall–Kier alpha value is -4.42. The fraction of sp³-hybridized carbons (Fsp3) is 0.0357. The summed E-state index contributed by atoms with van der Waals surface area (Å²) in [6, 6.07) is 23.3. The van der Waals surface area contributed by atoms with E-state index in [1.807, 2.05) is 42.5 Å². The Morgan fingerprint density at radius 1 is 0.943 bits per heavy atom. The Labute approximate surface area is 205 Å². The molecular weight excluding hydrogens is 458 g/mol. The molecule has 3 heterocycles. The number of fused-ring (bicyclic) bond motifs is 5. The summed E-state index contributed by atoms with van der Waals surface area (Å²) in [5, 5.41) is 4.73. The van der Waals surface area contributed by atoms with Crippen molar-refractivity contribution >= 4 is 39.6 Å². The van der Waals surface area contributed by atoms with Crippen LogP contribution in [0.15, 0.2) is 85.2 Å². The first kappa shape index (κ1) is 20.0. The van der Waals surface area contributed by atoms with Gasteiger partial charge in [-0.05, 0) is 52.6 Å². The van der Waals surface area contributed by atoms with Crippen molar-refractivity contribution in [3.63, 3.8) is 0 Å². The summed E-state index contributed by atoms with van der Waals surface area (Å²) in [6.45, 7) is 0. The first-order valence-corrected chi connectivity index (χ1v) is 11.7. The van der Waals surface area contributed by atoms with Crippen LogP contribution in [-0.2, 0) is 0 Å². The maximum Gasteiger partial charge on any atom is 0.252 e. The number of benzene rings is 3. The average molecular weight is 476 g/mol. The van der Waals surface area contributed by atoms with Crippen LogP contribution in [0.4, 0.5) is 0 Å². The standard InChI is InChI=1S/C28H18ClN5O/c29-15-8-9-22-23(14-15)33-27(32-22)21-7-3-6-20-24(21)16-4-1-2-5-17(16)25(20)34-28(35)19-11-13-31-26-18(19)10-12-30-26/h1-14,25H,(H,30,31)(H,32,33)(H,34,35). The van der Waals surface area contributed by atoms with Gasteiger partial charge in [-0.2, -0.15) is 0 Å². The van der Waals surface area contributed by atoms with Crippen LogP contribution in [0.2, 0.25) is 5.02 Å². The van der Waals surface area contributed by atoms with E-state index in [0.717, 1.165) is 50.1 Å². The number of halogens is 1. The van der Waals surface area contributed by atoms with Crippen LogP contribution in [0.5, 0.6) is 0 Å². The zero-order chi connectivity index (χ0) is 23.5. The van der Waals surface area contributed by atoms with E-state index in [1.54, 1.807) is 18.5 Å². The smallest absolute Gasteiger partial charge is 0.252 e. The number of nitrogens with one attached hydrogen (secondary N) is 3. The molecule has 6 aromatic rings. The number of hydrogen-bond donors (Lipinski definition) is 3. The highest BCUT2D eigenvalue weighted by molar-refractivity contribution is 6.31. The summed E-state index contributed by atoms with van der Waals surface area (Å²) in [7, 11) is 0. The molecule has 1 aliphatic rings. The maximum absolute atomic E-state index is 13.5. The molecule has 0 aliphatic heterocycles. The van der Waals surface area contributed by atoms with E-state index >= 15 is 0 Å². The third-order valence-corrected chi connectivity index (χ3v) is 6.86. The van der Waals surface area contributed by atoms with Crippen molar-refractivity contribution in [3.8, 4) is 22.5 Å². The molecule has 35 heavy (non-hydrogen) atoms. The molecule has 6 nitrogen and oxygen atoms in total. The van der Waals surface area contributed by atoms with Crippen molar-refractivity contribution in [2.24, 2.45) is 0 Å². The second kappa shape index (κ2) is 7.55. The molecule has 1 amide bonds. The summed E-state index contributed by atoms with van der Waals surface area (Å²) >= 11 is 6.19. The second-order valence-electron chi connectivity index (χ2n) is 8.61. The first-order chi connectivity index (χ1) is 17.2. The van der Waals surface area contributed by atoms with Crippen LogP contribution < -0.4 is 5.32 Å². The van der Waals surface area contributed by atoms with Crippen LogP contribution in [-0.4, -0.2) is 25.8 Å². The minimum Gasteiger partial charge on any atom is -0.346 e. The number of carbonyl (C=O) groups is 1. The fourth-order valence-electron chi connectivity index (χ4n) is 5.09. The van der Waals surface area contributed by atoms with Gasteiger partial charge in [-0.1, -0.05) is 54.1 Å². The van der Waals surface area contributed by atoms with Crippen molar-refractivity contribution < 1.29 is 4.79 Å². The molecule has 3 aromatic carbocycles. The topological polar surface area (TPSA) is 86.5 Å². The number of rotatable bonds is 3. The van der Waals surface area contributed by atoms with Gasteiger partial charge in [0.1, 0.15) is 11.5 Å². The Morgan fingerprint density at radius 3 is 2.74 bits per heavy atom. The minimum absolute atomic E-state index is 0.145. The highest BCUT2D eigenvalue weighted by Crippen LogP contribution is 2.47. The Morgan fingerprint density at radius 2 is 1.80 bits per heavy atom. The zero-order valence-corrected chi connectivity index (χ0v) is 19.1. The number of imidazole rings is 1. The van der Waals surface area contributed by atoms with Gasteiger partial charge in [0, 0.05) is 28.4 Å². The molecule has 0 bridgehead atoms. The molecule has 0 fully saturated rings. The lowest BCUT2D eigenvalue weighted by Crippen LogP contribution is -2.28. The normalized spacial score (nSPS) is 14.3. The fourth-order valence-corrected chi connectivity index (χ4v) is 5.26. The zero-order valence-electron chi connectivity index (χ0n) is 18.3. The van der Waals surface area contributed by atoms with Gasteiger partial charge in [0.05, 0.1) is 22.6 Å². The number of aromatic nitrogens is 4. The summed E-state index contributed by atoms with van der Waals surface area (Å²) in [4.78, 5) is 29.1. The van der Waals surface area contributed by atoms with Crippen LogP contribution in [0.3, 0.4) is 0 Å². The molecule has 168 valence electrons. The molecule has 7 rings (SSSR count). The van der Waals surface area contributed by atoms with E-state index in [-0.39, 0.29) is 11.9 Å². The average Bonchev–Trinajstić information content (AvgIpc) is 3.60. The molecule has 1 atom stereocenters. The number of amides is 1. The number of aromatic amines is 2. The van der Waals surface area contributed by atoms with E-state index in [1.165, 1.54) is 0 Å². The predicted molar refractivity (Wildman–Crippen MR) is 137 cm³/mol. The van der Waals surface area contributed by atoms with Crippen molar-refractivity contribution in [2.45, 2.75) is 6.04 Å². The molecular formula is C28H18ClN5O. The van der Waals surface area contributed by atoms with Crippen molar-refractivity contribution in [1.29, 1.82) is 0 Å². The van der Waals surface area contributed by atoms with E-state index in [0.29, 0.717) is 16.2 Å². The third-order valence-electron chi connectivity index (χ3n) is 6.63. The van der Waals surface area contributed by atoms with E-state index in [2.05, 4.69) is 44.5 Å². The molecule has 0 saturated carbocycles. The third kappa shape index (κ3) is 3.07. The predicted octanol–water partition coefficient (Wildman–Crippen LogP) is 6.26. The van der Waals surface area contributed by atoms with Gasteiger partial charge in [-0.3, -0.25) is 4.79 Å². The molecule has 1 aliphatic carbocycles. The van der Waals surface area contributed by atoms with Gasteiger partial charge in [0.15, 0.2) is 0 Å². The molecule has 0 saturated heterocycles. The lowest BCUT2D eigenvalue weighted by Gasteiger charge is -2.16. The van der Waals surface area contributed by atoms with Gasteiger partial charge >= 0.3 is 0 Å². The van der Waals surface area contributed by atoms with Gasteiger partial charge < -0.3 is 15.3 Å². The highest BCUT2D eigenvalue weighted by Gasteiger charge is 2.32. The molecule has 0 radical (unpaired) electrons. The number of hydrogen-bond acceptors (Lipinski definition) is 3. The molecule has 0 spiro atoms. The Kier molecular flexibility index (Phi) is 4.31. The van der Waals surface area contributed by atoms with Crippen LogP contribution in [0.25, 0.3) is 44.6 Å². The molecule has 7 heteroatoms. The monoisotopic (exact) mass is 475 g/mol. The quantitative estimate of drug-likeness (QED) is 0.282. The minimum atomic E-state index is -0.283. The first-order valence-electron chi connectivity index (χ1n) is 11.3. The van der Waals surface area contributed by atoms with Gasteiger partial charge in [-0.15, -0.1) is 0 Å². The van der Waals surface area contributed by atoms with Crippen molar-refractivity contribution in [2.75, 3.05) is 0 Å². The number of H-pyrrole nitrogens is 2. The molecule has 1 unspecified atom stereocenters. The summed E-state index contributed by atoms with van der Waals surface area (Å²) in [6.07, 6.45) is 3.44. The largest absolute Gasteiger partial charge is 0.346 e. The maximum atomic E-state index is 13.5. The van der Waals surface area contributed by atoms with Crippen molar-refractivity contribution in [3.05, 3.63) is 107 Å². The SMILES string of the molecule is O=C(NC1c2ccccc2-c2c(-c3nc4ccc(Cl)cc4[nH]3)cccc21)c1ccnc2[nH]ccc12. The Bertz CT molecular complexity index is 1780. The van der Waals surface area contributed by atoms with E-state index < -0.39 is 0 Å². The number of nitrogens with zero attached hydrogens (tertiary/aromatic N) is 2. The number of pyridine rings is 1. The van der Waals surface area contributed by atoms with E-state index in [9.17, 15) is 4.79 Å². The summed E-state index contributed by atoms with van der Waals surface area (Å²) in [5.74, 6) is 0.623. The highest BCUT2D eigenvalue weighted by atomic mass is 35.5. The van der Waals surface area contributed by atoms with Gasteiger partial charge in [-0.25, -0.2) is 9.97 Å². The Balaban J connectivity index is 1.36. The second-order valence-corrected chi connectivity index (χ2v) is 9.05.